The Morgan fingerprint density at radius 2 is 2.05 bits per heavy atom. The zero-order valence-electron chi connectivity index (χ0n) is 12.4. The maximum atomic E-state index is 5.77. The minimum atomic E-state index is 0.129. The monoisotopic (exact) mass is 266 g/mol. The zero-order chi connectivity index (χ0) is 13.7. The minimum Gasteiger partial charge on any atom is -0.406 e. The lowest BCUT2D eigenvalue weighted by molar-refractivity contribution is 0.356. The smallest absolute Gasteiger partial charge is 0.318 e. The van der Waals surface area contributed by atoms with Gasteiger partial charge in [0.05, 0.1) is 6.04 Å². The topological polar surface area (TPSA) is 54.2 Å². The molecule has 0 amide bonds. The fraction of sp³-hybridized carbons (Fsp3) is 0.857. The summed E-state index contributed by atoms with van der Waals surface area (Å²) in [7, 11) is 0. The summed E-state index contributed by atoms with van der Waals surface area (Å²) in [4.78, 5) is 2.22. The molecule has 0 aromatic carbocycles. The Morgan fingerprint density at radius 3 is 2.68 bits per heavy atom. The van der Waals surface area contributed by atoms with Gasteiger partial charge in [0, 0.05) is 13.1 Å². The van der Waals surface area contributed by atoms with Crippen LogP contribution >= 0.6 is 0 Å². The molecule has 1 atom stereocenters. The maximum Gasteiger partial charge on any atom is 0.318 e. The number of nitrogens with zero attached hydrogens (tertiary/aromatic N) is 3. The molecule has 0 aliphatic carbocycles. The molecule has 0 saturated carbocycles. The van der Waals surface area contributed by atoms with E-state index in [1.165, 1.54) is 25.7 Å². The van der Waals surface area contributed by atoms with E-state index in [1.54, 1.807) is 0 Å². The van der Waals surface area contributed by atoms with E-state index in [0.29, 0.717) is 11.9 Å². The molecule has 1 unspecified atom stereocenters. The molecule has 1 aliphatic heterocycles. The number of hydrogen-bond donors (Lipinski definition) is 1. The van der Waals surface area contributed by atoms with Crippen molar-refractivity contribution in [3.63, 3.8) is 0 Å². The molecule has 2 rings (SSSR count). The van der Waals surface area contributed by atoms with Crippen molar-refractivity contribution in [3.05, 3.63) is 5.89 Å². The summed E-state index contributed by atoms with van der Waals surface area (Å²) >= 11 is 0. The van der Waals surface area contributed by atoms with Crippen molar-refractivity contribution in [2.24, 2.45) is 5.92 Å². The number of rotatable bonds is 6. The van der Waals surface area contributed by atoms with E-state index in [0.717, 1.165) is 25.6 Å². The molecule has 5 heteroatoms. The second-order valence-electron chi connectivity index (χ2n) is 5.42. The van der Waals surface area contributed by atoms with E-state index >= 15 is 0 Å². The van der Waals surface area contributed by atoms with Crippen LogP contribution in [0.4, 0.5) is 6.01 Å². The molecule has 0 radical (unpaired) electrons. The van der Waals surface area contributed by atoms with Crippen molar-refractivity contribution in [2.45, 2.75) is 52.5 Å². The number of hydrogen-bond acceptors (Lipinski definition) is 5. The average molecular weight is 266 g/mol. The first-order valence-electron chi connectivity index (χ1n) is 7.56. The normalized spacial score (nSPS) is 18.8. The van der Waals surface area contributed by atoms with Crippen molar-refractivity contribution < 1.29 is 4.42 Å². The largest absolute Gasteiger partial charge is 0.406 e. The molecule has 1 saturated heterocycles. The van der Waals surface area contributed by atoms with E-state index in [2.05, 4.69) is 34.3 Å². The molecule has 0 spiro atoms. The summed E-state index contributed by atoms with van der Waals surface area (Å²) in [6.45, 7) is 9.38. The second kappa shape index (κ2) is 6.89. The van der Waals surface area contributed by atoms with Crippen LogP contribution in [-0.2, 0) is 0 Å². The van der Waals surface area contributed by atoms with Crippen molar-refractivity contribution in [1.82, 2.24) is 15.5 Å². The first kappa shape index (κ1) is 14.3. The molecule has 1 fully saturated rings. The Hall–Kier alpha value is -1.10. The zero-order valence-corrected chi connectivity index (χ0v) is 12.4. The van der Waals surface area contributed by atoms with Gasteiger partial charge >= 0.3 is 6.01 Å². The summed E-state index contributed by atoms with van der Waals surface area (Å²) in [6, 6.07) is 0.818. The van der Waals surface area contributed by atoms with Crippen LogP contribution in [0, 0.1) is 5.92 Å². The van der Waals surface area contributed by atoms with Crippen LogP contribution < -0.4 is 10.2 Å². The Bertz CT molecular complexity index is 371. The van der Waals surface area contributed by atoms with Crippen LogP contribution in [0.1, 0.15) is 58.4 Å². The van der Waals surface area contributed by atoms with Crippen LogP contribution in [0.25, 0.3) is 0 Å². The van der Waals surface area contributed by atoms with Gasteiger partial charge in [-0.05, 0) is 32.2 Å². The van der Waals surface area contributed by atoms with E-state index in [9.17, 15) is 0 Å². The third kappa shape index (κ3) is 3.69. The van der Waals surface area contributed by atoms with E-state index in [4.69, 9.17) is 4.42 Å². The molecule has 2 heterocycles. The quantitative estimate of drug-likeness (QED) is 0.858. The van der Waals surface area contributed by atoms with Gasteiger partial charge in [0.1, 0.15) is 0 Å². The molecule has 5 nitrogen and oxygen atoms in total. The summed E-state index contributed by atoms with van der Waals surface area (Å²) < 4.78 is 5.77. The van der Waals surface area contributed by atoms with Crippen LogP contribution in [0.3, 0.4) is 0 Å². The van der Waals surface area contributed by atoms with Gasteiger partial charge in [-0.3, -0.25) is 0 Å². The fourth-order valence-electron chi connectivity index (χ4n) is 2.74. The van der Waals surface area contributed by atoms with Crippen molar-refractivity contribution >= 4 is 6.01 Å². The highest BCUT2D eigenvalue weighted by Crippen LogP contribution is 2.26. The fourth-order valence-corrected chi connectivity index (χ4v) is 2.74. The minimum absolute atomic E-state index is 0.129. The molecule has 1 aliphatic rings. The highest BCUT2D eigenvalue weighted by Gasteiger charge is 2.23. The van der Waals surface area contributed by atoms with Crippen LogP contribution in [0.5, 0.6) is 0 Å². The highest BCUT2D eigenvalue weighted by molar-refractivity contribution is 5.25. The van der Waals surface area contributed by atoms with Crippen molar-refractivity contribution in [2.75, 3.05) is 24.5 Å². The Labute approximate surface area is 115 Å². The molecule has 1 aromatic rings. The molecular formula is C14H26N4O. The number of piperidine rings is 1. The predicted molar refractivity (Wildman–Crippen MR) is 76.2 cm³/mol. The average Bonchev–Trinajstić information content (AvgIpc) is 2.90. The summed E-state index contributed by atoms with van der Waals surface area (Å²) in [5, 5.41) is 11.6. The van der Waals surface area contributed by atoms with Gasteiger partial charge in [-0.1, -0.05) is 31.8 Å². The third-order valence-corrected chi connectivity index (χ3v) is 3.89. The highest BCUT2D eigenvalue weighted by atomic mass is 16.4. The van der Waals surface area contributed by atoms with Gasteiger partial charge < -0.3 is 14.6 Å². The summed E-state index contributed by atoms with van der Waals surface area (Å²) in [5.74, 6) is 1.57. The van der Waals surface area contributed by atoms with Gasteiger partial charge in [-0.25, -0.2) is 0 Å². The van der Waals surface area contributed by atoms with Crippen LogP contribution in [0.15, 0.2) is 4.42 Å². The molecular weight excluding hydrogens is 240 g/mol. The molecule has 1 N–H and O–H groups in total. The first-order valence-corrected chi connectivity index (χ1v) is 7.56. The lowest BCUT2D eigenvalue weighted by Crippen LogP contribution is -2.33. The molecule has 1 aromatic heterocycles. The maximum absolute atomic E-state index is 5.77. The van der Waals surface area contributed by atoms with Gasteiger partial charge in [-0.15, -0.1) is 5.10 Å². The Kier molecular flexibility index (Phi) is 5.19. The first-order chi connectivity index (χ1) is 9.24. The standard InChI is InChI=1S/C14H26N4O/c1-4-6-12-7-9-18(10-8-12)14-17-16-13(19-14)11(3)15-5-2/h11-12,15H,4-10H2,1-3H3. The van der Waals surface area contributed by atoms with E-state index in [1.807, 2.05) is 6.92 Å². The number of nitrogens with one attached hydrogen (secondary N) is 1. The Morgan fingerprint density at radius 1 is 1.32 bits per heavy atom. The lowest BCUT2D eigenvalue weighted by Gasteiger charge is -2.30. The van der Waals surface area contributed by atoms with Crippen molar-refractivity contribution in [3.8, 4) is 0 Å². The van der Waals surface area contributed by atoms with Gasteiger partial charge in [0.15, 0.2) is 0 Å². The number of anilines is 1. The van der Waals surface area contributed by atoms with Crippen LogP contribution in [0.2, 0.25) is 0 Å². The number of aromatic nitrogens is 2. The second-order valence-corrected chi connectivity index (χ2v) is 5.42. The predicted octanol–water partition coefficient (Wildman–Crippen LogP) is 2.76. The van der Waals surface area contributed by atoms with E-state index < -0.39 is 0 Å². The van der Waals surface area contributed by atoms with Gasteiger partial charge in [0.25, 0.3) is 0 Å². The molecule has 19 heavy (non-hydrogen) atoms. The van der Waals surface area contributed by atoms with Crippen LogP contribution in [-0.4, -0.2) is 29.8 Å². The molecule has 0 bridgehead atoms. The van der Waals surface area contributed by atoms with Gasteiger partial charge in [-0.2, -0.15) is 0 Å². The summed E-state index contributed by atoms with van der Waals surface area (Å²) in [5.41, 5.74) is 0. The summed E-state index contributed by atoms with van der Waals surface area (Å²) in [6.07, 6.45) is 5.12. The van der Waals surface area contributed by atoms with Crippen molar-refractivity contribution in [1.29, 1.82) is 0 Å². The third-order valence-electron chi connectivity index (χ3n) is 3.89. The Balaban J connectivity index is 1.89. The lowest BCUT2D eigenvalue weighted by atomic mass is 9.93. The SMILES string of the molecule is CCCC1CCN(c2nnc(C(C)NCC)o2)CC1. The van der Waals surface area contributed by atoms with E-state index in [-0.39, 0.29) is 6.04 Å². The van der Waals surface area contributed by atoms with Gasteiger partial charge in [0.2, 0.25) is 5.89 Å². The molecule has 108 valence electrons.